The van der Waals surface area contributed by atoms with E-state index in [9.17, 15) is 9.59 Å². The molecule has 98 valence electrons. The van der Waals surface area contributed by atoms with Gasteiger partial charge in [-0.2, -0.15) is 0 Å². The van der Waals surface area contributed by atoms with Gasteiger partial charge in [-0.15, -0.1) is 6.42 Å². The number of amides is 2. The summed E-state index contributed by atoms with van der Waals surface area (Å²) in [6, 6.07) is 0. The van der Waals surface area contributed by atoms with E-state index < -0.39 is 5.54 Å². The SMILES string of the molecule is C#CC(C)(C)N1C(=O)CC2(CCCCC2)CC1=O. The van der Waals surface area contributed by atoms with E-state index in [1.54, 1.807) is 13.8 Å². The highest BCUT2D eigenvalue weighted by atomic mass is 16.2. The maximum absolute atomic E-state index is 12.3. The highest BCUT2D eigenvalue weighted by Gasteiger charge is 2.47. The number of terminal acetylenes is 1. The molecule has 0 radical (unpaired) electrons. The van der Waals surface area contributed by atoms with Crippen LogP contribution in [0.2, 0.25) is 0 Å². The zero-order valence-corrected chi connectivity index (χ0v) is 11.3. The summed E-state index contributed by atoms with van der Waals surface area (Å²) in [4.78, 5) is 25.9. The van der Waals surface area contributed by atoms with Gasteiger partial charge in [-0.1, -0.05) is 25.2 Å². The van der Waals surface area contributed by atoms with Crippen LogP contribution in [0.25, 0.3) is 0 Å². The molecule has 2 rings (SSSR count). The summed E-state index contributed by atoms with van der Waals surface area (Å²) in [5.74, 6) is 2.37. The van der Waals surface area contributed by atoms with Crippen molar-refractivity contribution in [1.29, 1.82) is 0 Å². The Morgan fingerprint density at radius 2 is 1.61 bits per heavy atom. The van der Waals surface area contributed by atoms with E-state index in [4.69, 9.17) is 6.42 Å². The zero-order chi connectivity index (χ0) is 13.4. The fourth-order valence-corrected chi connectivity index (χ4v) is 3.34. The van der Waals surface area contributed by atoms with Crippen LogP contribution in [-0.4, -0.2) is 22.3 Å². The average Bonchev–Trinajstić information content (AvgIpc) is 2.28. The first-order valence-corrected chi connectivity index (χ1v) is 6.74. The highest BCUT2D eigenvalue weighted by Crippen LogP contribution is 2.46. The predicted molar refractivity (Wildman–Crippen MR) is 69.5 cm³/mol. The Morgan fingerprint density at radius 1 is 1.11 bits per heavy atom. The lowest BCUT2D eigenvalue weighted by atomic mass is 9.67. The lowest BCUT2D eigenvalue weighted by molar-refractivity contribution is -0.159. The lowest BCUT2D eigenvalue weighted by Crippen LogP contribution is -2.56. The summed E-state index contributed by atoms with van der Waals surface area (Å²) in [5, 5.41) is 0. The second-order valence-electron chi connectivity index (χ2n) is 6.24. The molecule has 2 fully saturated rings. The standard InChI is InChI=1S/C15H21NO2/c1-4-14(2,3)16-12(17)10-15(11-13(16)18)8-6-5-7-9-15/h1H,5-11H2,2-3H3. The topological polar surface area (TPSA) is 37.4 Å². The molecule has 0 aromatic rings. The van der Waals surface area contributed by atoms with Crippen molar-refractivity contribution in [3.05, 3.63) is 0 Å². The number of imide groups is 1. The normalized spacial score (nSPS) is 24.2. The van der Waals surface area contributed by atoms with Crippen molar-refractivity contribution in [2.75, 3.05) is 0 Å². The minimum absolute atomic E-state index is 0.0619. The number of hydrogen-bond acceptors (Lipinski definition) is 2. The molecule has 0 atom stereocenters. The lowest BCUT2D eigenvalue weighted by Gasteiger charge is -2.45. The minimum Gasteiger partial charge on any atom is -0.274 e. The first-order chi connectivity index (χ1) is 8.40. The molecule has 0 bridgehead atoms. The molecule has 1 heterocycles. The average molecular weight is 247 g/mol. The summed E-state index contributed by atoms with van der Waals surface area (Å²) in [6.45, 7) is 3.50. The van der Waals surface area contributed by atoms with Crippen LogP contribution >= 0.6 is 0 Å². The Hall–Kier alpha value is -1.30. The predicted octanol–water partition coefficient (Wildman–Crippen LogP) is 2.50. The van der Waals surface area contributed by atoms with Gasteiger partial charge >= 0.3 is 0 Å². The number of hydrogen-bond donors (Lipinski definition) is 0. The number of likely N-dealkylation sites (tertiary alicyclic amines) is 1. The third-order valence-corrected chi connectivity index (χ3v) is 4.38. The van der Waals surface area contributed by atoms with Crippen LogP contribution in [0.3, 0.4) is 0 Å². The van der Waals surface area contributed by atoms with Crippen molar-refractivity contribution in [3.8, 4) is 12.3 Å². The van der Waals surface area contributed by atoms with Crippen LogP contribution in [0.5, 0.6) is 0 Å². The quantitative estimate of drug-likeness (QED) is 0.527. The van der Waals surface area contributed by atoms with E-state index in [2.05, 4.69) is 5.92 Å². The monoisotopic (exact) mass is 247 g/mol. The number of carbonyl (C=O) groups is 2. The molecule has 3 nitrogen and oxygen atoms in total. The maximum Gasteiger partial charge on any atom is 0.231 e. The highest BCUT2D eigenvalue weighted by molar-refractivity contribution is 5.99. The van der Waals surface area contributed by atoms with Gasteiger partial charge in [0.1, 0.15) is 5.54 Å². The molecule has 0 N–H and O–H groups in total. The molecule has 18 heavy (non-hydrogen) atoms. The van der Waals surface area contributed by atoms with Gasteiger partial charge in [0.05, 0.1) is 0 Å². The molecule has 2 aliphatic rings. The first-order valence-electron chi connectivity index (χ1n) is 6.74. The van der Waals surface area contributed by atoms with Gasteiger partial charge in [0, 0.05) is 12.8 Å². The molecule has 1 saturated heterocycles. The van der Waals surface area contributed by atoms with Crippen molar-refractivity contribution >= 4 is 11.8 Å². The Kier molecular flexibility index (Phi) is 3.23. The van der Waals surface area contributed by atoms with Crippen molar-refractivity contribution in [3.63, 3.8) is 0 Å². The van der Waals surface area contributed by atoms with Crippen LogP contribution in [0.15, 0.2) is 0 Å². The molecule has 2 amide bonds. The van der Waals surface area contributed by atoms with E-state index in [-0.39, 0.29) is 17.2 Å². The molecule has 0 aromatic carbocycles. The smallest absolute Gasteiger partial charge is 0.231 e. The summed E-state index contributed by atoms with van der Waals surface area (Å²) in [6.07, 6.45) is 11.9. The summed E-state index contributed by atoms with van der Waals surface area (Å²) < 4.78 is 0. The third kappa shape index (κ3) is 2.16. The van der Waals surface area contributed by atoms with Gasteiger partial charge in [-0.05, 0) is 32.1 Å². The van der Waals surface area contributed by atoms with Crippen molar-refractivity contribution < 1.29 is 9.59 Å². The second kappa shape index (κ2) is 4.42. The van der Waals surface area contributed by atoms with E-state index in [1.165, 1.54) is 11.3 Å². The van der Waals surface area contributed by atoms with Gasteiger partial charge in [0.25, 0.3) is 0 Å². The van der Waals surface area contributed by atoms with Crippen molar-refractivity contribution in [2.45, 2.75) is 64.3 Å². The van der Waals surface area contributed by atoms with Gasteiger partial charge < -0.3 is 0 Å². The number of rotatable bonds is 1. The molecule has 1 aliphatic carbocycles. The van der Waals surface area contributed by atoms with Crippen LogP contribution in [0, 0.1) is 17.8 Å². The minimum atomic E-state index is -0.801. The fourth-order valence-electron chi connectivity index (χ4n) is 3.34. The molecule has 1 aliphatic heterocycles. The molecular weight excluding hydrogens is 226 g/mol. The number of nitrogens with zero attached hydrogens (tertiary/aromatic N) is 1. The second-order valence-corrected chi connectivity index (χ2v) is 6.24. The molecule has 0 aromatic heterocycles. The Morgan fingerprint density at radius 3 is 2.06 bits per heavy atom. The van der Waals surface area contributed by atoms with E-state index in [0.717, 1.165) is 25.7 Å². The fraction of sp³-hybridized carbons (Fsp3) is 0.733. The molecule has 1 saturated carbocycles. The molecule has 1 spiro atoms. The Labute approximate surface area is 109 Å². The first kappa shape index (κ1) is 13.1. The van der Waals surface area contributed by atoms with Crippen LogP contribution in [0.4, 0.5) is 0 Å². The largest absolute Gasteiger partial charge is 0.274 e. The zero-order valence-electron chi connectivity index (χ0n) is 11.3. The van der Waals surface area contributed by atoms with E-state index in [0.29, 0.717) is 12.8 Å². The Balaban J connectivity index is 2.21. The molecule has 0 unspecified atom stereocenters. The third-order valence-electron chi connectivity index (χ3n) is 4.38. The maximum atomic E-state index is 12.3. The molecule has 3 heteroatoms. The van der Waals surface area contributed by atoms with Crippen molar-refractivity contribution in [2.24, 2.45) is 5.41 Å². The van der Waals surface area contributed by atoms with Gasteiger partial charge in [-0.3, -0.25) is 14.5 Å². The van der Waals surface area contributed by atoms with E-state index >= 15 is 0 Å². The summed E-state index contributed by atoms with van der Waals surface area (Å²) >= 11 is 0. The molecular formula is C15H21NO2. The number of carbonyl (C=O) groups excluding carboxylic acids is 2. The van der Waals surface area contributed by atoms with E-state index in [1.807, 2.05) is 0 Å². The van der Waals surface area contributed by atoms with Crippen LogP contribution in [-0.2, 0) is 9.59 Å². The van der Waals surface area contributed by atoms with Gasteiger partial charge in [-0.25, -0.2) is 0 Å². The van der Waals surface area contributed by atoms with Crippen LogP contribution < -0.4 is 0 Å². The Bertz CT molecular complexity index is 391. The number of piperidine rings is 1. The van der Waals surface area contributed by atoms with Gasteiger partial charge in [0.2, 0.25) is 11.8 Å². The van der Waals surface area contributed by atoms with Gasteiger partial charge in [0.15, 0.2) is 0 Å². The summed E-state index contributed by atoms with van der Waals surface area (Å²) in [5.41, 5.74) is -0.863. The summed E-state index contributed by atoms with van der Waals surface area (Å²) in [7, 11) is 0. The van der Waals surface area contributed by atoms with Crippen molar-refractivity contribution in [1.82, 2.24) is 4.90 Å². The van der Waals surface area contributed by atoms with Crippen LogP contribution in [0.1, 0.15) is 58.8 Å².